The van der Waals surface area contributed by atoms with Gasteiger partial charge >= 0.3 is 0 Å². The zero-order chi connectivity index (χ0) is 11.8. The van der Waals surface area contributed by atoms with Crippen LogP contribution in [0.25, 0.3) is 20.1 Å². The summed E-state index contributed by atoms with van der Waals surface area (Å²) in [4.78, 5) is 16.8. The van der Waals surface area contributed by atoms with Crippen molar-refractivity contribution in [1.29, 1.82) is 0 Å². The summed E-state index contributed by atoms with van der Waals surface area (Å²) in [6.45, 7) is 0. The fourth-order valence-corrected chi connectivity index (χ4v) is 3.39. The number of fused-ring (bicyclic) bond motifs is 1. The first-order chi connectivity index (χ1) is 8.24. The summed E-state index contributed by atoms with van der Waals surface area (Å²) in [6.07, 6.45) is 0. The number of primary amides is 1. The van der Waals surface area contributed by atoms with Crippen molar-refractivity contribution in [3.8, 4) is 9.88 Å². The minimum Gasteiger partial charge on any atom is -0.366 e. The molecular formula is C12H8N2OS2. The van der Waals surface area contributed by atoms with Gasteiger partial charge in [-0.15, -0.1) is 22.7 Å². The van der Waals surface area contributed by atoms with E-state index < -0.39 is 5.91 Å². The summed E-state index contributed by atoms with van der Waals surface area (Å²) < 4.78 is 0.990. The highest BCUT2D eigenvalue weighted by molar-refractivity contribution is 7.25. The van der Waals surface area contributed by atoms with Gasteiger partial charge < -0.3 is 5.73 Å². The highest BCUT2D eigenvalue weighted by Crippen LogP contribution is 2.33. The van der Waals surface area contributed by atoms with E-state index in [0.29, 0.717) is 5.56 Å². The summed E-state index contributed by atoms with van der Waals surface area (Å²) in [5, 5.41) is 3.01. The van der Waals surface area contributed by atoms with Crippen LogP contribution < -0.4 is 5.73 Å². The van der Waals surface area contributed by atoms with E-state index in [9.17, 15) is 4.79 Å². The van der Waals surface area contributed by atoms with Crippen molar-refractivity contribution in [2.24, 2.45) is 5.73 Å². The third-order valence-corrected chi connectivity index (χ3v) is 4.46. The van der Waals surface area contributed by atoms with Crippen LogP contribution in [0.15, 0.2) is 35.7 Å². The fraction of sp³-hybridized carbons (Fsp3) is 0. The van der Waals surface area contributed by atoms with Crippen LogP contribution in [0.1, 0.15) is 10.4 Å². The van der Waals surface area contributed by atoms with E-state index in [4.69, 9.17) is 5.73 Å². The van der Waals surface area contributed by atoms with Gasteiger partial charge in [0, 0.05) is 5.56 Å². The van der Waals surface area contributed by atoms with E-state index in [1.54, 1.807) is 34.8 Å². The lowest BCUT2D eigenvalue weighted by Crippen LogP contribution is -2.10. The molecule has 0 spiro atoms. The van der Waals surface area contributed by atoms with Gasteiger partial charge in [0.15, 0.2) is 0 Å². The van der Waals surface area contributed by atoms with Gasteiger partial charge in [-0.05, 0) is 29.6 Å². The number of amides is 1. The highest BCUT2D eigenvalue weighted by Gasteiger charge is 2.09. The third-order valence-electron chi connectivity index (χ3n) is 2.40. The van der Waals surface area contributed by atoms with Crippen molar-refractivity contribution < 1.29 is 4.79 Å². The molecule has 0 saturated carbocycles. The molecular weight excluding hydrogens is 252 g/mol. The van der Waals surface area contributed by atoms with Crippen LogP contribution in [0, 0.1) is 0 Å². The molecule has 0 aliphatic heterocycles. The Morgan fingerprint density at radius 2 is 2.18 bits per heavy atom. The zero-order valence-corrected chi connectivity index (χ0v) is 10.3. The van der Waals surface area contributed by atoms with E-state index in [1.807, 2.05) is 23.6 Å². The maximum absolute atomic E-state index is 11.1. The Morgan fingerprint density at radius 1 is 1.29 bits per heavy atom. The molecule has 0 atom stereocenters. The summed E-state index contributed by atoms with van der Waals surface area (Å²) in [7, 11) is 0. The van der Waals surface area contributed by atoms with Gasteiger partial charge in [0.1, 0.15) is 5.01 Å². The van der Waals surface area contributed by atoms with Gasteiger partial charge in [-0.2, -0.15) is 0 Å². The average molecular weight is 260 g/mol. The summed E-state index contributed by atoms with van der Waals surface area (Å²) in [5.41, 5.74) is 6.69. The number of nitrogens with zero attached hydrogens (tertiary/aromatic N) is 1. The Hall–Kier alpha value is -1.72. The number of rotatable bonds is 2. The van der Waals surface area contributed by atoms with Gasteiger partial charge in [-0.3, -0.25) is 4.79 Å². The SMILES string of the molecule is NC(=O)c1ccc2nc(-c3cccs3)sc2c1. The lowest BCUT2D eigenvalue weighted by molar-refractivity contribution is 0.100. The van der Waals surface area contributed by atoms with Crippen LogP contribution in [-0.2, 0) is 0 Å². The largest absolute Gasteiger partial charge is 0.366 e. The number of aromatic nitrogens is 1. The first kappa shape index (κ1) is 10.4. The molecule has 2 N–H and O–H groups in total. The summed E-state index contributed by atoms with van der Waals surface area (Å²) in [6, 6.07) is 9.39. The number of carbonyl (C=O) groups is 1. The van der Waals surface area contributed by atoms with Crippen LogP contribution >= 0.6 is 22.7 Å². The molecule has 1 aromatic carbocycles. The van der Waals surface area contributed by atoms with Crippen molar-refractivity contribution in [3.63, 3.8) is 0 Å². The lowest BCUT2D eigenvalue weighted by atomic mass is 10.2. The molecule has 1 amide bonds. The number of hydrogen-bond donors (Lipinski definition) is 1. The van der Waals surface area contributed by atoms with Gasteiger partial charge in [-0.25, -0.2) is 4.98 Å². The molecule has 3 nitrogen and oxygen atoms in total. The van der Waals surface area contributed by atoms with E-state index >= 15 is 0 Å². The van der Waals surface area contributed by atoms with E-state index in [0.717, 1.165) is 20.1 Å². The van der Waals surface area contributed by atoms with Gasteiger partial charge in [0.2, 0.25) is 5.91 Å². The first-order valence-corrected chi connectivity index (χ1v) is 6.68. The molecule has 0 unspecified atom stereocenters. The van der Waals surface area contributed by atoms with Crippen LogP contribution in [0.5, 0.6) is 0 Å². The highest BCUT2D eigenvalue weighted by atomic mass is 32.1. The molecule has 0 radical (unpaired) electrons. The minimum atomic E-state index is -0.405. The number of benzene rings is 1. The summed E-state index contributed by atoms with van der Waals surface area (Å²) >= 11 is 3.24. The molecule has 2 heterocycles. The van der Waals surface area contributed by atoms with Gasteiger partial charge in [-0.1, -0.05) is 6.07 Å². The van der Waals surface area contributed by atoms with Crippen LogP contribution in [0.3, 0.4) is 0 Å². The molecule has 0 fully saturated rings. The molecule has 0 saturated heterocycles. The van der Waals surface area contributed by atoms with Gasteiger partial charge in [0.25, 0.3) is 0 Å². The second kappa shape index (κ2) is 3.94. The van der Waals surface area contributed by atoms with Crippen molar-refractivity contribution in [2.75, 3.05) is 0 Å². The predicted octanol–water partition coefficient (Wildman–Crippen LogP) is 3.12. The summed E-state index contributed by atoms with van der Waals surface area (Å²) in [5.74, 6) is -0.405. The molecule has 3 rings (SSSR count). The van der Waals surface area contributed by atoms with Crippen LogP contribution in [0.2, 0.25) is 0 Å². The number of thiophene rings is 1. The van der Waals surface area contributed by atoms with Crippen LogP contribution in [-0.4, -0.2) is 10.9 Å². The van der Waals surface area contributed by atoms with Crippen LogP contribution in [0.4, 0.5) is 0 Å². The van der Waals surface area contributed by atoms with Crippen molar-refractivity contribution in [1.82, 2.24) is 4.98 Å². The lowest BCUT2D eigenvalue weighted by Gasteiger charge is -1.92. The minimum absolute atomic E-state index is 0.405. The first-order valence-electron chi connectivity index (χ1n) is 4.98. The van der Waals surface area contributed by atoms with Crippen molar-refractivity contribution in [3.05, 3.63) is 41.3 Å². The molecule has 0 aliphatic carbocycles. The van der Waals surface area contributed by atoms with Crippen molar-refractivity contribution in [2.45, 2.75) is 0 Å². The maximum atomic E-state index is 11.1. The molecule has 3 aromatic rings. The maximum Gasteiger partial charge on any atom is 0.248 e. The predicted molar refractivity (Wildman–Crippen MR) is 71.5 cm³/mol. The second-order valence-corrected chi connectivity index (χ2v) is 5.52. The average Bonchev–Trinajstić information content (AvgIpc) is 2.96. The number of thiazole rings is 1. The molecule has 2 aromatic heterocycles. The topological polar surface area (TPSA) is 56.0 Å². The quantitative estimate of drug-likeness (QED) is 0.769. The Morgan fingerprint density at radius 3 is 2.88 bits per heavy atom. The van der Waals surface area contributed by atoms with E-state index in [1.165, 1.54) is 0 Å². The third kappa shape index (κ3) is 1.83. The normalized spacial score (nSPS) is 10.8. The van der Waals surface area contributed by atoms with E-state index in [-0.39, 0.29) is 0 Å². The Balaban J connectivity index is 2.16. The Bertz CT molecular complexity index is 686. The molecule has 0 aliphatic rings. The standard InChI is InChI=1S/C12H8N2OS2/c13-11(15)7-3-4-8-10(6-7)17-12(14-8)9-2-1-5-16-9/h1-6H,(H2,13,15). The fourth-order valence-electron chi connectivity index (χ4n) is 1.58. The Kier molecular flexibility index (Phi) is 2.42. The van der Waals surface area contributed by atoms with E-state index in [2.05, 4.69) is 4.98 Å². The second-order valence-electron chi connectivity index (χ2n) is 3.54. The number of nitrogens with two attached hydrogens (primary N) is 1. The zero-order valence-electron chi connectivity index (χ0n) is 8.71. The molecule has 5 heteroatoms. The smallest absolute Gasteiger partial charge is 0.248 e. The molecule has 84 valence electrons. The van der Waals surface area contributed by atoms with Gasteiger partial charge in [0.05, 0.1) is 15.1 Å². The number of hydrogen-bond acceptors (Lipinski definition) is 4. The monoisotopic (exact) mass is 260 g/mol. The van der Waals surface area contributed by atoms with Crippen molar-refractivity contribution >= 4 is 38.8 Å². The number of carbonyl (C=O) groups excluding carboxylic acids is 1. The molecule has 0 bridgehead atoms. The Labute approximate surface area is 106 Å². The molecule has 17 heavy (non-hydrogen) atoms.